The number of piperidine rings is 1. The molecule has 1 aromatic carbocycles. The van der Waals surface area contributed by atoms with E-state index in [-0.39, 0.29) is 30.6 Å². The first-order valence-electron chi connectivity index (χ1n) is 9.71. The number of carbonyl (C=O) groups is 1. The van der Waals surface area contributed by atoms with Crippen molar-refractivity contribution in [1.29, 1.82) is 0 Å². The van der Waals surface area contributed by atoms with Crippen molar-refractivity contribution in [3.05, 3.63) is 48.0 Å². The Balaban J connectivity index is 0.00000256. The molecule has 0 radical (unpaired) electrons. The molecule has 2 aromatic heterocycles. The van der Waals surface area contributed by atoms with Crippen molar-refractivity contribution in [1.82, 2.24) is 25.1 Å². The third-order valence-corrected chi connectivity index (χ3v) is 4.99. The first-order chi connectivity index (χ1) is 14.1. The van der Waals surface area contributed by atoms with E-state index in [1.807, 2.05) is 0 Å². The second-order valence-electron chi connectivity index (χ2n) is 7.09. The molecule has 160 valence electrons. The van der Waals surface area contributed by atoms with Gasteiger partial charge in [0.05, 0.1) is 11.8 Å². The molecule has 0 atom stereocenters. The van der Waals surface area contributed by atoms with Gasteiger partial charge in [0.2, 0.25) is 11.9 Å². The molecule has 0 unspecified atom stereocenters. The van der Waals surface area contributed by atoms with Gasteiger partial charge in [0.15, 0.2) is 17.5 Å². The van der Waals surface area contributed by atoms with Crippen LogP contribution in [-0.4, -0.2) is 38.7 Å². The van der Waals surface area contributed by atoms with Crippen molar-refractivity contribution in [2.24, 2.45) is 7.05 Å². The van der Waals surface area contributed by atoms with E-state index in [4.69, 9.17) is 4.42 Å². The average Bonchev–Trinajstić information content (AvgIpc) is 3.35. The first kappa shape index (κ1) is 21.9. The molecule has 2 N–H and O–H groups in total. The summed E-state index contributed by atoms with van der Waals surface area (Å²) in [6.45, 7) is 1.91. The summed E-state index contributed by atoms with van der Waals surface area (Å²) in [6.07, 6.45) is 3.93. The fraction of sp³-hybridized carbons (Fsp3) is 0.400. The van der Waals surface area contributed by atoms with Crippen LogP contribution in [0.3, 0.4) is 0 Å². The van der Waals surface area contributed by atoms with Crippen molar-refractivity contribution in [2.45, 2.75) is 31.6 Å². The third kappa shape index (κ3) is 5.03. The molecule has 4 rings (SSSR count). The van der Waals surface area contributed by atoms with Crippen LogP contribution in [0.15, 0.2) is 34.9 Å². The minimum atomic E-state index is -0.375. The van der Waals surface area contributed by atoms with Crippen LogP contribution < -0.4 is 10.6 Å². The number of hydrogen-bond acceptors (Lipinski definition) is 6. The Kier molecular flexibility index (Phi) is 7.17. The number of amides is 1. The Bertz CT molecular complexity index is 999. The average molecular weight is 435 g/mol. The summed E-state index contributed by atoms with van der Waals surface area (Å²) in [7, 11) is 1.77. The number of halogens is 2. The number of oxazole rings is 1. The fourth-order valence-corrected chi connectivity index (χ4v) is 3.39. The summed E-state index contributed by atoms with van der Waals surface area (Å²) in [4.78, 5) is 21.0. The number of aromatic nitrogens is 4. The zero-order valence-corrected chi connectivity index (χ0v) is 17.4. The van der Waals surface area contributed by atoms with Crippen LogP contribution in [0.4, 0.5) is 10.3 Å². The molecule has 1 amide bonds. The SMILES string of the molecule is Cl.Cn1nc(C2CCNCC2)nc1NC(=O)CCc1ncc(-c2ccccc2F)o1. The lowest BCUT2D eigenvalue weighted by Gasteiger charge is -2.19. The highest BCUT2D eigenvalue weighted by Crippen LogP contribution is 2.24. The van der Waals surface area contributed by atoms with Crippen molar-refractivity contribution >= 4 is 24.3 Å². The number of nitrogens with zero attached hydrogens (tertiary/aromatic N) is 4. The van der Waals surface area contributed by atoms with E-state index in [0.717, 1.165) is 31.8 Å². The van der Waals surface area contributed by atoms with E-state index in [0.29, 0.717) is 35.5 Å². The second-order valence-corrected chi connectivity index (χ2v) is 7.09. The van der Waals surface area contributed by atoms with E-state index in [2.05, 4.69) is 25.7 Å². The number of nitrogens with one attached hydrogen (secondary N) is 2. The van der Waals surface area contributed by atoms with Crippen molar-refractivity contribution in [3.8, 4) is 11.3 Å². The Morgan fingerprint density at radius 1 is 1.33 bits per heavy atom. The maximum absolute atomic E-state index is 13.8. The molecule has 3 aromatic rings. The first-order valence-corrected chi connectivity index (χ1v) is 9.71. The minimum Gasteiger partial charge on any atom is -0.441 e. The smallest absolute Gasteiger partial charge is 0.227 e. The summed E-state index contributed by atoms with van der Waals surface area (Å²) >= 11 is 0. The van der Waals surface area contributed by atoms with Crippen LogP contribution in [0.5, 0.6) is 0 Å². The topological polar surface area (TPSA) is 97.9 Å². The molecule has 1 saturated heterocycles. The Labute approximate surface area is 179 Å². The van der Waals surface area contributed by atoms with E-state index in [1.165, 1.54) is 12.3 Å². The predicted octanol–water partition coefficient (Wildman–Crippen LogP) is 3.07. The van der Waals surface area contributed by atoms with Crippen molar-refractivity contribution in [3.63, 3.8) is 0 Å². The van der Waals surface area contributed by atoms with Gasteiger partial charge < -0.3 is 9.73 Å². The molecular weight excluding hydrogens is 411 g/mol. The van der Waals surface area contributed by atoms with Gasteiger partial charge >= 0.3 is 0 Å². The zero-order valence-electron chi connectivity index (χ0n) is 16.6. The fourth-order valence-electron chi connectivity index (χ4n) is 3.39. The van der Waals surface area contributed by atoms with Crippen LogP contribution in [-0.2, 0) is 18.3 Å². The van der Waals surface area contributed by atoms with Crippen LogP contribution >= 0.6 is 12.4 Å². The standard InChI is InChI=1S/C20H23FN6O2.ClH/c1-27-20(25-19(26-27)13-8-10-22-11-9-13)24-17(28)6-7-18-23-12-16(29-18)14-4-2-3-5-15(14)21;/h2-5,12-13,22H,6-11H2,1H3,(H,24,25,26,28);1H. The summed E-state index contributed by atoms with van der Waals surface area (Å²) < 4.78 is 21.0. The molecule has 8 nitrogen and oxygen atoms in total. The molecule has 30 heavy (non-hydrogen) atoms. The van der Waals surface area contributed by atoms with Crippen molar-refractivity contribution < 1.29 is 13.6 Å². The van der Waals surface area contributed by atoms with E-state index in [9.17, 15) is 9.18 Å². The van der Waals surface area contributed by atoms with E-state index < -0.39 is 0 Å². The normalized spacial score (nSPS) is 14.3. The van der Waals surface area contributed by atoms with Gasteiger partial charge in [-0.3, -0.25) is 10.1 Å². The van der Waals surface area contributed by atoms with Gasteiger partial charge in [0.1, 0.15) is 5.82 Å². The second kappa shape index (κ2) is 9.82. The third-order valence-electron chi connectivity index (χ3n) is 4.99. The van der Waals surface area contributed by atoms with Crippen LogP contribution in [0.25, 0.3) is 11.3 Å². The van der Waals surface area contributed by atoms with Crippen molar-refractivity contribution in [2.75, 3.05) is 18.4 Å². The molecule has 1 aliphatic rings. The maximum Gasteiger partial charge on any atom is 0.227 e. The lowest BCUT2D eigenvalue weighted by molar-refractivity contribution is -0.116. The van der Waals surface area contributed by atoms with Gasteiger partial charge in [-0.25, -0.2) is 14.1 Å². The summed E-state index contributed by atoms with van der Waals surface area (Å²) in [6, 6.07) is 6.33. The maximum atomic E-state index is 13.8. The van der Waals surface area contributed by atoms with E-state index >= 15 is 0 Å². The van der Waals surface area contributed by atoms with Crippen LogP contribution in [0.2, 0.25) is 0 Å². The number of rotatable bonds is 6. The van der Waals surface area contributed by atoms with Gasteiger partial charge in [-0.05, 0) is 38.1 Å². The van der Waals surface area contributed by atoms with Gasteiger partial charge in [-0.2, -0.15) is 10.1 Å². The Hall–Kier alpha value is -2.78. The highest BCUT2D eigenvalue weighted by atomic mass is 35.5. The summed E-state index contributed by atoms with van der Waals surface area (Å²) in [5, 5.41) is 10.6. The Morgan fingerprint density at radius 2 is 2.10 bits per heavy atom. The minimum absolute atomic E-state index is 0. The molecular formula is C20H24ClFN6O2. The lowest BCUT2D eigenvalue weighted by atomic mass is 9.98. The largest absolute Gasteiger partial charge is 0.441 e. The molecule has 10 heteroatoms. The predicted molar refractivity (Wildman–Crippen MR) is 112 cm³/mol. The monoisotopic (exact) mass is 434 g/mol. The number of anilines is 1. The number of carbonyl (C=O) groups excluding carboxylic acids is 1. The molecule has 0 bridgehead atoms. The van der Waals surface area contributed by atoms with Gasteiger partial charge in [0, 0.05) is 25.8 Å². The lowest BCUT2D eigenvalue weighted by Crippen LogP contribution is -2.27. The van der Waals surface area contributed by atoms with Crippen LogP contribution in [0.1, 0.15) is 36.9 Å². The van der Waals surface area contributed by atoms with Gasteiger partial charge in [0.25, 0.3) is 0 Å². The highest BCUT2D eigenvalue weighted by molar-refractivity contribution is 5.89. The zero-order chi connectivity index (χ0) is 20.2. The van der Waals surface area contributed by atoms with Crippen LogP contribution in [0, 0.1) is 5.82 Å². The summed E-state index contributed by atoms with van der Waals surface area (Å²) in [5.74, 6) is 1.67. The van der Waals surface area contributed by atoms with Gasteiger partial charge in [-0.1, -0.05) is 12.1 Å². The molecule has 1 fully saturated rings. The number of benzene rings is 1. The number of aryl methyl sites for hydroxylation is 2. The highest BCUT2D eigenvalue weighted by Gasteiger charge is 2.21. The summed E-state index contributed by atoms with van der Waals surface area (Å²) in [5.41, 5.74) is 0.347. The molecule has 0 saturated carbocycles. The van der Waals surface area contributed by atoms with Gasteiger partial charge in [-0.15, -0.1) is 12.4 Å². The Morgan fingerprint density at radius 3 is 2.87 bits per heavy atom. The quantitative estimate of drug-likeness (QED) is 0.618. The molecule has 0 spiro atoms. The van der Waals surface area contributed by atoms with E-state index in [1.54, 1.807) is 29.9 Å². The molecule has 3 heterocycles. The number of hydrogen-bond donors (Lipinski definition) is 2. The molecule has 0 aliphatic carbocycles. The molecule has 1 aliphatic heterocycles.